The highest BCUT2D eigenvalue weighted by Crippen LogP contribution is 2.23. The molecule has 7 heteroatoms. The first kappa shape index (κ1) is 22.0. The first-order valence-corrected chi connectivity index (χ1v) is 9.44. The van der Waals surface area contributed by atoms with Crippen molar-refractivity contribution >= 4 is 29.6 Å². The highest BCUT2D eigenvalue weighted by atomic mass is 32.2. The van der Waals surface area contributed by atoms with Crippen molar-refractivity contribution < 1.29 is 23.9 Å². The summed E-state index contributed by atoms with van der Waals surface area (Å²) in [7, 11) is 1.27. The molecule has 0 heterocycles. The van der Waals surface area contributed by atoms with Gasteiger partial charge in [-0.2, -0.15) is 0 Å². The number of thioether (sulfide) groups is 1. The zero-order valence-electron chi connectivity index (χ0n) is 16.0. The summed E-state index contributed by atoms with van der Waals surface area (Å²) in [4.78, 5) is 36.4. The van der Waals surface area contributed by atoms with Gasteiger partial charge in [0.1, 0.15) is 6.04 Å². The van der Waals surface area contributed by atoms with E-state index in [0.717, 1.165) is 16.0 Å². The van der Waals surface area contributed by atoms with Gasteiger partial charge in [-0.3, -0.25) is 9.59 Å². The maximum atomic E-state index is 11.9. The number of amides is 1. The molecule has 26 heavy (non-hydrogen) atoms. The van der Waals surface area contributed by atoms with Crippen LogP contribution in [0.3, 0.4) is 0 Å². The van der Waals surface area contributed by atoms with E-state index in [9.17, 15) is 14.4 Å². The number of ether oxygens (including phenoxy) is 2. The van der Waals surface area contributed by atoms with Crippen molar-refractivity contribution in [2.75, 3.05) is 19.5 Å². The van der Waals surface area contributed by atoms with E-state index >= 15 is 0 Å². The van der Waals surface area contributed by atoms with Gasteiger partial charge in [0.15, 0.2) is 6.61 Å². The third-order valence-corrected chi connectivity index (χ3v) is 4.72. The predicted octanol–water partition coefficient (Wildman–Crippen LogP) is 2.64. The van der Waals surface area contributed by atoms with E-state index in [-0.39, 0.29) is 11.7 Å². The van der Waals surface area contributed by atoms with Gasteiger partial charge in [0.2, 0.25) is 0 Å². The Kier molecular flexibility index (Phi) is 9.19. The molecule has 0 aromatic heterocycles. The van der Waals surface area contributed by atoms with Crippen LogP contribution >= 0.6 is 11.8 Å². The number of aryl methyl sites for hydroxylation is 2. The number of nitrogens with one attached hydrogen (secondary N) is 1. The maximum absolute atomic E-state index is 11.9. The van der Waals surface area contributed by atoms with E-state index in [1.165, 1.54) is 18.9 Å². The number of carbonyl (C=O) groups is 3. The van der Waals surface area contributed by atoms with Gasteiger partial charge in [0, 0.05) is 4.90 Å². The lowest BCUT2D eigenvalue weighted by Crippen LogP contribution is -2.44. The third kappa shape index (κ3) is 7.91. The maximum Gasteiger partial charge on any atom is 0.328 e. The smallest absolute Gasteiger partial charge is 0.328 e. The van der Waals surface area contributed by atoms with Crippen LogP contribution in [0.1, 0.15) is 31.4 Å². The molecule has 6 nitrogen and oxygen atoms in total. The van der Waals surface area contributed by atoms with Gasteiger partial charge in [0.05, 0.1) is 12.9 Å². The minimum absolute atomic E-state index is 0.115. The molecule has 1 aromatic rings. The fourth-order valence-corrected chi connectivity index (χ4v) is 3.16. The van der Waals surface area contributed by atoms with Gasteiger partial charge in [-0.15, -0.1) is 11.8 Å². The van der Waals surface area contributed by atoms with Crippen molar-refractivity contribution in [3.05, 3.63) is 29.3 Å². The molecule has 0 spiro atoms. The van der Waals surface area contributed by atoms with E-state index < -0.39 is 30.5 Å². The summed E-state index contributed by atoms with van der Waals surface area (Å²) in [6.45, 7) is 7.45. The molecule has 1 rings (SSSR count). The lowest BCUT2D eigenvalue weighted by Gasteiger charge is -2.18. The predicted molar refractivity (Wildman–Crippen MR) is 101 cm³/mol. The van der Waals surface area contributed by atoms with Gasteiger partial charge in [-0.05, 0) is 37.8 Å². The van der Waals surface area contributed by atoms with Crippen molar-refractivity contribution in [3.8, 4) is 0 Å². The Labute approximate surface area is 159 Å². The third-order valence-electron chi connectivity index (χ3n) is 3.57. The lowest BCUT2D eigenvalue weighted by atomic mass is 10.0. The average molecular weight is 381 g/mol. The summed E-state index contributed by atoms with van der Waals surface area (Å²) < 4.78 is 9.67. The standard InChI is InChI=1S/C19H27NO5S/c1-12(2)8-15(19(23)24-5)20-17(21)10-25-18(22)11-26-16-7-6-13(3)9-14(16)4/h6-7,9,12,15H,8,10-11H2,1-5H3,(H,20,21)/t15-/m0/s1. The van der Waals surface area contributed by atoms with Crippen LogP contribution in [-0.4, -0.2) is 43.4 Å². The minimum Gasteiger partial charge on any atom is -0.467 e. The van der Waals surface area contributed by atoms with Crippen molar-refractivity contribution in [3.63, 3.8) is 0 Å². The Hall–Kier alpha value is -2.02. The molecule has 0 radical (unpaired) electrons. The Morgan fingerprint density at radius 3 is 2.46 bits per heavy atom. The molecule has 0 unspecified atom stereocenters. The van der Waals surface area contributed by atoms with E-state index in [2.05, 4.69) is 10.1 Å². The fraction of sp³-hybridized carbons (Fsp3) is 0.526. The van der Waals surface area contributed by atoms with Gasteiger partial charge in [-0.25, -0.2) is 4.79 Å². The molecule has 1 N–H and O–H groups in total. The number of benzene rings is 1. The molecule has 0 aliphatic heterocycles. The summed E-state index contributed by atoms with van der Waals surface area (Å²) in [6, 6.07) is 5.25. The highest BCUT2D eigenvalue weighted by Gasteiger charge is 2.23. The second-order valence-electron chi connectivity index (χ2n) is 6.49. The molecule has 0 bridgehead atoms. The average Bonchev–Trinajstić information content (AvgIpc) is 2.57. The van der Waals surface area contributed by atoms with Crippen LogP contribution in [0.25, 0.3) is 0 Å². The monoisotopic (exact) mass is 381 g/mol. The molecule has 1 atom stereocenters. The van der Waals surface area contributed by atoms with E-state index in [0.29, 0.717) is 6.42 Å². The van der Waals surface area contributed by atoms with Crippen molar-refractivity contribution in [1.29, 1.82) is 0 Å². The van der Waals surface area contributed by atoms with Crippen LogP contribution in [0.4, 0.5) is 0 Å². The summed E-state index contributed by atoms with van der Waals surface area (Å²) in [5.41, 5.74) is 2.25. The first-order valence-electron chi connectivity index (χ1n) is 8.45. The van der Waals surface area contributed by atoms with E-state index in [1.54, 1.807) is 0 Å². The number of methoxy groups -OCH3 is 1. The number of rotatable bonds is 9. The molecule has 0 aliphatic rings. The van der Waals surface area contributed by atoms with Crippen LogP contribution in [0.2, 0.25) is 0 Å². The Morgan fingerprint density at radius 2 is 1.88 bits per heavy atom. The normalized spacial score (nSPS) is 11.8. The number of esters is 2. The molecule has 0 aliphatic carbocycles. The quantitative estimate of drug-likeness (QED) is 0.523. The van der Waals surface area contributed by atoms with Crippen LogP contribution in [0, 0.1) is 19.8 Å². The van der Waals surface area contributed by atoms with Crippen molar-refractivity contribution in [2.45, 2.75) is 45.1 Å². The molecule has 0 saturated heterocycles. The summed E-state index contributed by atoms with van der Waals surface area (Å²) >= 11 is 1.37. The molecular formula is C19H27NO5S. The second kappa shape index (κ2) is 10.9. The molecular weight excluding hydrogens is 354 g/mol. The minimum atomic E-state index is -0.740. The van der Waals surface area contributed by atoms with Gasteiger partial charge in [0.25, 0.3) is 5.91 Å². The van der Waals surface area contributed by atoms with Crippen LogP contribution < -0.4 is 5.32 Å². The SMILES string of the molecule is COC(=O)[C@H](CC(C)C)NC(=O)COC(=O)CSc1ccc(C)cc1C. The zero-order valence-corrected chi connectivity index (χ0v) is 16.8. The second-order valence-corrected chi connectivity index (χ2v) is 7.51. The fourth-order valence-electron chi connectivity index (χ4n) is 2.35. The summed E-state index contributed by atoms with van der Waals surface area (Å²) in [5, 5.41) is 2.55. The first-order chi connectivity index (χ1) is 12.2. The topological polar surface area (TPSA) is 81.7 Å². The van der Waals surface area contributed by atoms with Crippen LogP contribution in [0.5, 0.6) is 0 Å². The Balaban J connectivity index is 2.42. The highest BCUT2D eigenvalue weighted by molar-refractivity contribution is 8.00. The molecule has 1 amide bonds. The zero-order chi connectivity index (χ0) is 19.7. The van der Waals surface area contributed by atoms with Crippen LogP contribution in [0.15, 0.2) is 23.1 Å². The Bertz CT molecular complexity index is 645. The van der Waals surface area contributed by atoms with Crippen LogP contribution in [-0.2, 0) is 23.9 Å². The number of hydrogen-bond acceptors (Lipinski definition) is 6. The summed E-state index contributed by atoms with van der Waals surface area (Å²) in [5.74, 6) is -1.20. The molecule has 0 fully saturated rings. The van der Waals surface area contributed by atoms with Gasteiger partial charge < -0.3 is 14.8 Å². The van der Waals surface area contributed by atoms with Gasteiger partial charge in [-0.1, -0.05) is 31.5 Å². The van der Waals surface area contributed by atoms with Crippen molar-refractivity contribution in [2.24, 2.45) is 5.92 Å². The van der Waals surface area contributed by atoms with E-state index in [4.69, 9.17) is 4.74 Å². The molecule has 0 saturated carbocycles. The molecule has 1 aromatic carbocycles. The van der Waals surface area contributed by atoms with E-state index in [1.807, 2.05) is 45.9 Å². The largest absolute Gasteiger partial charge is 0.467 e. The Morgan fingerprint density at radius 1 is 1.19 bits per heavy atom. The van der Waals surface area contributed by atoms with Gasteiger partial charge >= 0.3 is 11.9 Å². The number of carbonyl (C=O) groups excluding carboxylic acids is 3. The lowest BCUT2D eigenvalue weighted by molar-refractivity contribution is -0.149. The number of hydrogen-bond donors (Lipinski definition) is 1. The molecule has 144 valence electrons. The summed E-state index contributed by atoms with van der Waals surface area (Å²) in [6.07, 6.45) is 0.453. The van der Waals surface area contributed by atoms with Crippen molar-refractivity contribution in [1.82, 2.24) is 5.32 Å².